The minimum absolute atomic E-state index is 0.0571. The summed E-state index contributed by atoms with van der Waals surface area (Å²) in [5, 5.41) is 0. The lowest BCUT2D eigenvalue weighted by Gasteiger charge is -2.12. The summed E-state index contributed by atoms with van der Waals surface area (Å²) in [7, 11) is 0. The summed E-state index contributed by atoms with van der Waals surface area (Å²) in [6.07, 6.45) is 0.756. The van der Waals surface area contributed by atoms with Crippen molar-refractivity contribution < 1.29 is 9.53 Å². The number of hydrogen-bond donors (Lipinski definition) is 1. The number of carbonyl (C=O) groups excluding carboxylic acids is 1. The molecule has 0 saturated carbocycles. The fourth-order valence-corrected chi connectivity index (χ4v) is 1.20. The number of rotatable bonds is 3. The highest BCUT2D eigenvalue weighted by atomic mass is 16.5. The first kappa shape index (κ1) is 11.6. The Hall–Kier alpha value is -1.51. The van der Waals surface area contributed by atoms with Crippen molar-refractivity contribution in [1.29, 1.82) is 0 Å². The molecule has 15 heavy (non-hydrogen) atoms. The maximum Gasteiger partial charge on any atom is 0.338 e. The van der Waals surface area contributed by atoms with Crippen molar-refractivity contribution in [3.8, 4) is 0 Å². The van der Waals surface area contributed by atoms with Gasteiger partial charge in [-0.2, -0.15) is 0 Å². The van der Waals surface area contributed by atoms with E-state index in [1.807, 2.05) is 20.8 Å². The van der Waals surface area contributed by atoms with Crippen LogP contribution in [-0.4, -0.2) is 12.1 Å². The molecule has 1 atom stereocenters. The normalized spacial score (nSPS) is 12.2. The van der Waals surface area contributed by atoms with Crippen LogP contribution in [0, 0.1) is 6.92 Å². The van der Waals surface area contributed by atoms with Crippen LogP contribution >= 0.6 is 0 Å². The minimum Gasteiger partial charge on any atom is -0.459 e. The monoisotopic (exact) mass is 207 g/mol. The lowest BCUT2D eigenvalue weighted by molar-refractivity contribution is 0.0334. The molecule has 1 unspecified atom stereocenters. The van der Waals surface area contributed by atoms with Crippen LogP contribution in [0.5, 0.6) is 0 Å². The highest BCUT2D eigenvalue weighted by molar-refractivity contribution is 5.92. The second-order valence-corrected chi connectivity index (χ2v) is 3.64. The van der Waals surface area contributed by atoms with Gasteiger partial charge < -0.3 is 10.5 Å². The highest BCUT2D eigenvalue weighted by Crippen LogP contribution is 2.17. The Morgan fingerprint density at radius 3 is 2.80 bits per heavy atom. The van der Waals surface area contributed by atoms with E-state index in [2.05, 4.69) is 0 Å². The Balaban J connectivity index is 2.87. The number of ether oxygens (including phenoxy) is 1. The summed E-state index contributed by atoms with van der Waals surface area (Å²) in [5.41, 5.74) is 7.67. The zero-order valence-corrected chi connectivity index (χ0v) is 9.41. The van der Waals surface area contributed by atoms with Crippen molar-refractivity contribution in [3.05, 3.63) is 29.3 Å². The third kappa shape index (κ3) is 2.72. The molecule has 0 aliphatic rings. The van der Waals surface area contributed by atoms with Crippen LogP contribution in [0.15, 0.2) is 18.2 Å². The van der Waals surface area contributed by atoms with Crippen molar-refractivity contribution in [1.82, 2.24) is 0 Å². The maximum absolute atomic E-state index is 11.7. The van der Waals surface area contributed by atoms with Crippen LogP contribution in [0.2, 0.25) is 0 Å². The van der Waals surface area contributed by atoms with Crippen molar-refractivity contribution in [2.24, 2.45) is 0 Å². The molecule has 0 bridgehead atoms. The van der Waals surface area contributed by atoms with E-state index >= 15 is 0 Å². The first-order valence-corrected chi connectivity index (χ1v) is 5.12. The SMILES string of the molecule is CCC(C)OC(=O)c1cccc(N)c1C. The van der Waals surface area contributed by atoms with Gasteiger partial charge >= 0.3 is 5.97 Å². The fourth-order valence-electron chi connectivity index (χ4n) is 1.20. The smallest absolute Gasteiger partial charge is 0.338 e. The summed E-state index contributed by atoms with van der Waals surface area (Å²) < 4.78 is 5.23. The van der Waals surface area contributed by atoms with Gasteiger partial charge in [0.2, 0.25) is 0 Å². The topological polar surface area (TPSA) is 52.3 Å². The largest absolute Gasteiger partial charge is 0.459 e. The van der Waals surface area contributed by atoms with Gasteiger partial charge in [0.15, 0.2) is 0 Å². The summed E-state index contributed by atoms with van der Waals surface area (Å²) >= 11 is 0. The molecule has 1 aromatic rings. The Kier molecular flexibility index (Phi) is 3.72. The molecule has 0 radical (unpaired) electrons. The van der Waals surface area contributed by atoms with E-state index in [-0.39, 0.29) is 12.1 Å². The van der Waals surface area contributed by atoms with Crippen molar-refractivity contribution in [2.45, 2.75) is 33.3 Å². The molecule has 0 amide bonds. The number of anilines is 1. The van der Waals surface area contributed by atoms with Crippen LogP contribution in [-0.2, 0) is 4.74 Å². The lowest BCUT2D eigenvalue weighted by Crippen LogP contribution is -2.15. The van der Waals surface area contributed by atoms with Gasteiger partial charge in [0.1, 0.15) is 0 Å². The number of carbonyl (C=O) groups is 1. The average molecular weight is 207 g/mol. The van der Waals surface area contributed by atoms with Gasteiger partial charge in [-0.1, -0.05) is 13.0 Å². The Morgan fingerprint density at radius 1 is 1.53 bits per heavy atom. The molecule has 82 valence electrons. The molecule has 1 aromatic carbocycles. The number of nitrogens with two attached hydrogens (primary N) is 1. The van der Waals surface area contributed by atoms with Gasteiger partial charge in [0.25, 0.3) is 0 Å². The standard InChI is InChI=1S/C12H17NO2/c1-4-8(2)15-12(14)10-6-5-7-11(13)9(10)3/h5-8H,4,13H2,1-3H3. The van der Waals surface area contributed by atoms with Crippen LogP contribution < -0.4 is 5.73 Å². The van der Waals surface area contributed by atoms with Gasteiger partial charge in [0, 0.05) is 5.69 Å². The van der Waals surface area contributed by atoms with Crippen LogP contribution in [0.1, 0.15) is 36.2 Å². The number of nitrogen functional groups attached to an aromatic ring is 1. The van der Waals surface area contributed by atoms with Gasteiger partial charge in [-0.15, -0.1) is 0 Å². The first-order valence-electron chi connectivity index (χ1n) is 5.12. The molecular weight excluding hydrogens is 190 g/mol. The van der Waals surface area contributed by atoms with Crippen molar-refractivity contribution in [3.63, 3.8) is 0 Å². The third-order valence-corrected chi connectivity index (χ3v) is 2.48. The number of benzene rings is 1. The van der Waals surface area contributed by atoms with E-state index in [1.54, 1.807) is 18.2 Å². The maximum atomic E-state index is 11.7. The van der Waals surface area contributed by atoms with Crippen LogP contribution in [0.25, 0.3) is 0 Å². The van der Waals surface area contributed by atoms with E-state index in [9.17, 15) is 4.79 Å². The van der Waals surface area contributed by atoms with Crippen molar-refractivity contribution in [2.75, 3.05) is 5.73 Å². The van der Waals surface area contributed by atoms with E-state index in [4.69, 9.17) is 10.5 Å². The second-order valence-electron chi connectivity index (χ2n) is 3.64. The molecule has 0 aromatic heterocycles. The van der Waals surface area contributed by atoms with E-state index < -0.39 is 0 Å². The van der Waals surface area contributed by atoms with Crippen molar-refractivity contribution >= 4 is 11.7 Å². The Labute approximate surface area is 90.2 Å². The van der Waals surface area contributed by atoms with Gasteiger partial charge in [-0.3, -0.25) is 0 Å². The summed E-state index contributed by atoms with van der Waals surface area (Å²) in [6, 6.07) is 5.27. The fraction of sp³-hybridized carbons (Fsp3) is 0.417. The number of esters is 1. The Morgan fingerprint density at radius 2 is 2.20 bits per heavy atom. The third-order valence-electron chi connectivity index (χ3n) is 2.48. The van der Waals surface area contributed by atoms with E-state index in [0.717, 1.165) is 12.0 Å². The molecule has 3 heteroatoms. The molecular formula is C12H17NO2. The molecule has 0 heterocycles. The number of hydrogen-bond acceptors (Lipinski definition) is 3. The lowest BCUT2D eigenvalue weighted by atomic mass is 10.1. The first-order chi connectivity index (χ1) is 7.06. The zero-order chi connectivity index (χ0) is 11.4. The van der Waals surface area contributed by atoms with Crippen LogP contribution in [0.4, 0.5) is 5.69 Å². The van der Waals surface area contributed by atoms with Gasteiger partial charge in [0.05, 0.1) is 11.7 Å². The molecule has 0 aliphatic carbocycles. The van der Waals surface area contributed by atoms with Gasteiger partial charge in [-0.05, 0) is 38.0 Å². The summed E-state index contributed by atoms with van der Waals surface area (Å²) in [5.74, 6) is -0.297. The molecule has 0 aliphatic heterocycles. The minimum atomic E-state index is -0.297. The van der Waals surface area contributed by atoms with Gasteiger partial charge in [-0.25, -0.2) is 4.79 Å². The molecule has 0 saturated heterocycles. The quantitative estimate of drug-likeness (QED) is 0.612. The molecule has 0 spiro atoms. The van der Waals surface area contributed by atoms with E-state index in [0.29, 0.717) is 11.3 Å². The predicted octanol–water partition coefficient (Wildman–Crippen LogP) is 2.53. The molecule has 3 nitrogen and oxygen atoms in total. The molecule has 0 fully saturated rings. The second kappa shape index (κ2) is 4.82. The molecule has 1 rings (SSSR count). The van der Waals surface area contributed by atoms with E-state index in [1.165, 1.54) is 0 Å². The highest BCUT2D eigenvalue weighted by Gasteiger charge is 2.13. The predicted molar refractivity (Wildman–Crippen MR) is 60.8 cm³/mol. The van der Waals surface area contributed by atoms with Crippen LogP contribution in [0.3, 0.4) is 0 Å². The average Bonchev–Trinajstić information content (AvgIpc) is 2.21. The zero-order valence-electron chi connectivity index (χ0n) is 9.41. The Bertz CT molecular complexity index is 361. The molecule has 2 N–H and O–H groups in total. The summed E-state index contributed by atoms with van der Waals surface area (Å²) in [4.78, 5) is 11.7. The summed E-state index contributed by atoms with van der Waals surface area (Å²) in [6.45, 7) is 5.67.